The van der Waals surface area contributed by atoms with Gasteiger partial charge in [0.2, 0.25) is 0 Å². The second-order valence-electron chi connectivity index (χ2n) is 3.89. The molecule has 0 N–H and O–H groups in total. The zero-order valence-corrected chi connectivity index (χ0v) is 14.2. The van der Waals surface area contributed by atoms with Crippen molar-refractivity contribution in [2.75, 3.05) is 0 Å². The third kappa shape index (κ3) is 7.09. The summed E-state index contributed by atoms with van der Waals surface area (Å²) in [5.74, 6) is 0. The molecule has 0 aliphatic heterocycles. The van der Waals surface area contributed by atoms with Crippen LogP contribution in [0.5, 0.6) is 0 Å². The summed E-state index contributed by atoms with van der Waals surface area (Å²) in [5.41, 5.74) is 0. The van der Waals surface area contributed by atoms with E-state index in [0.717, 1.165) is 0 Å². The average Bonchev–Trinajstić information content (AvgIpc) is 1.65. The normalized spacial score (nSPS) is 18.6. The molecule has 0 rings (SSSR count). The Kier molecular flexibility index (Phi) is 4.51. The first kappa shape index (κ1) is 9.94. The van der Waals surface area contributed by atoms with Crippen LogP contribution in [0.4, 0.5) is 0 Å². The van der Waals surface area contributed by atoms with Crippen LogP contribution in [0.1, 0.15) is 0 Å². The van der Waals surface area contributed by atoms with E-state index >= 15 is 0 Å². The van der Waals surface area contributed by atoms with Crippen LogP contribution >= 0.6 is 0 Å². The Bertz CT molecular complexity index is 218. The van der Waals surface area contributed by atoms with Crippen LogP contribution in [-0.4, -0.2) is 39.4 Å². The zero-order chi connectivity index (χ0) is 14.1. The molecule has 0 saturated carbocycles. The monoisotopic (exact) mass is 274 g/mol. The van der Waals surface area contributed by atoms with Crippen LogP contribution in [0, 0.1) is 0 Å². The third-order valence-electron chi connectivity index (χ3n) is 1.17. The first-order valence-electron chi connectivity index (χ1n) is 6.22. The van der Waals surface area contributed by atoms with E-state index in [1.807, 2.05) is 0 Å². The van der Waals surface area contributed by atoms with Gasteiger partial charge in [0, 0.05) is 10.3 Å². The van der Waals surface area contributed by atoms with Crippen molar-refractivity contribution in [3.05, 3.63) is 0 Å². The van der Waals surface area contributed by atoms with E-state index in [1.165, 1.54) is 0 Å². The van der Waals surface area contributed by atoms with Crippen molar-refractivity contribution in [2.45, 2.75) is 45.8 Å². The lowest BCUT2D eigenvalue weighted by atomic mass is 11.9. The topological polar surface area (TPSA) is 27.7 Å². The van der Waals surface area contributed by atoms with Gasteiger partial charge < -0.3 is 12.3 Å². The third-order valence-corrected chi connectivity index (χ3v) is 10.5. The Balaban J connectivity index is 4.95. The summed E-state index contributed by atoms with van der Waals surface area (Å²) >= 11 is 0. The number of rotatable bonds is 6. The van der Waals surface area contributed by atoms with Gasteiger partial charge in [0.25, 0.3) is 0 Å². The van der Waals surface area contributed by atoms with Gasteiger partial charge in [-0.15, -0.1) is 0 Å². The van der Waals surface area contributed by atoms with E-state index in [-0.39, 0.29) is 0 Å². The Morgan fingerprint density at radius 2 is 1.00 bits per heavy atom. The predicted octanol–water partition coefficient (Wildman–Crippen LogP) is 1.56. The maximum Gasteiger partial charge on any atom is 0.465 e. The predicted molar refractivity (Wildman–Crippen MR) is 71.5 cm³/mol. The maximum atomic E-state index is 7.90. The van der Waals surface area contributed by atoms with Crippen molar-refractivity contribution in [3.63, 3.8) is 0 Å². The molecule has 0 amide bonds. The molecule has 0 aromatic rings. The molecular weight excluding hydrogens is 244 g/mol. The molecular formula is C7H24O3Si4. The van der Waals surface area contributed by atoms with Crippen molar-refractivity contribution in [3.8, 4) is 0 Å². The van der Waals surface area contributed by atoms with Gasteiger partial charge in [0.05, 0.1) is 0 Å². The minimum atomic E-state index is -3.03. The van der Waals surface area contributed by atoms with E-state index in [0.29, 0.717) is 0 Å². The molecule has 0 aliphatic rings. The Morgan fingerprint density at radius 3 is 1.14 bits per heavy atom. The summed E-state index contributed by atoms with van der Waals surface area (Å²) in [7, 11) is -10.7. The van der Waals surface area contributed by atoms with E-state index in [9.17, 15) is 0 Å². The largest absolute Gasteiger partial charge is 0.465 e. The van der Waals surface area contributed by atoms with Crippen LogP contribution in [-0.2, 0) is 12.3 Å². The van der Waals surface area contributed by atoms with Crippen molar-refractivity contribution < 1.29 is 12.3 Å². The summed E-state index contributed by atoms with van der Waals surface area (Å²) in [5, 5.41) is 0. The summed E-state index contributed by atoms with van der Waals surface area (Å²) in [6, 6.07) is 0. The van der Waals surface area contributed by atoms with E-state index in [1.54, 1.807) is 45.8 Å². The van der Waals surface area contributed by atoms with Crippen LogP contribution in [0.2, 0.25) is 45.8 Å². The molecule has 0 unspecified atom stereocenters. The molecule has 0 fully saturated rings. The van der Waals surface area contributed by atoms with Crippen LogP contribution in [0.25, 0.3) is 0 Å². The Labute approximate surface area is 98.0 Å². The standard InChI is InChI=1S/C7H24O3Si4/c1-11(2)8-14(7,9-12(3)4)10-13(5)6/h11-13H,1-7H3/i11T,12T,13T. The number of hydrogen-bond donors (Lipinski definition) is 0. The highest BCUT2D eigenvalue weighted by molar-refractivity contribution is 6.79. The molecule has 3 nitrogen and oxygen atoms in total. The lowest BCUT2D eigenvalue weighted by Gasteiger charge is -2.32. The highest BCUT2D eigenvalue weighted by Crippen LogP contribution is 2.13. The Hall–Kier alpha value is 0.748. The summed E-state index contributed by atoms with van der Waals surface area (Å²) in [6.07, 6.45) is 0. The fourth-order valence-corrected chi connectivity index (χ4v) is 11.7. The summed E-state index contributed by atoms with van der Waals surface area (Å²) < 4.78 is 40.8. The van der Waals surface area contributed by atoms with Gasteiger partial charge in [-0.2, -0.15) is 0 Å². The Morgan fingerprint density at radius 1 is 0.786 bits per heavy atom. The lowest BCUT2D eigenvalue weighted by Crippen LogP contribution is -2.50. The zero-order valence-electron chi connectivity index (χ0n) is 13.2. The fourth-order valence-electron chi connectivity index (χ4n) is 1.17. The van der Waals surface area contributed by atoms with Gasteiger partial charge in [-0.1, -0.05) is 0 Å². The van der Waals surface area contributed by atoms with Gasteiger partial charge in [0.1, 0.15) is 0 Å². The second-order valence-corrected chi connectivity index (χ2v) is 13.5. The van der Waals surface area contributed by atoms with Crippen LogP contribution in [0.15, 0.2) is 0 Å². The van der Waals surface area contributed by atoms with Crippen molar-refractivity contribution >= 4 is 35.7 Å². The van der Waals surface area contributed by atoms with Crippen molar-refractivity contribution in [1.29, 1.82) is 3.70 Å². The van der Waals surface area contributed by atoms with Crippen molar-refractivity contribution in [2.24, 2.45) is 0 Å². The molecule has 0 aromatic heterocycles. The second kappa shape index (κ2) is 6.36. The SMILES string of the molecule is [3H][Si](C)(C)O[Si](C)(O[Si]([3H])(C)C)O[Si]([3H])(C)C. The molecule has 0 atom stereocenters. The highest BCUT2D eigenvalue weighted by Gasteiger charge is 2.36. The van der Waals surface area contributed by atoms with E-state index < -0.39 is 35.7 Å². The molecule has 0 radical (unpaired) electrons. The molecule has 0 aromatic carbocycles. The first-order valence-corrected chi connectivity index (χ1v) is 14.2. The quantitative estimate of drug-likeness (QED) is 0.688. The molecule has 7 heteroatoms. The minimum absolute atomic E-state index is 1.71. The van der Waals surface area contributed by atoms with Gasteiger partial charge in [-0.3, -0.25) is 0 Å². The fraction of sp³-hybridized carbons (Fsp3) is 1.00. The molecule has 0 spiro atoms. The maximum absolute atomic E-state index is 7.90. The van der Waals surface area contributed by atoms with Crippen molar-refractivity contribution in [1.82, 2.24) is 0 Å². The molecule has 0 heterocycles. The van der Waals surface area contributed by atoms with Gasteiger partial charge >= 0.3 is 8.80 Å². The summed E-state index contributed by atoms with van der Waals surface area (Å²) in [6.45, 7) is 12.1. The first-order chi connectivity index (χ1) is 7.12. The molecule has 14 heavy (non-hydrogen) atoms. The number of hydrogen-bond acceptors (Lipinski definition) is 3. The smallest absolute Gasteiger partial charge is 0.420 e. The molecule has 0 aliphatic carbocycles. The van der Waals surface area contributed by atoms with Gasteiger partial charge in [-0.05, 0) is 39.3 Å². The average molecular weight is 275 g/mol. The molecule has 86 valence electrons. The van der Waals surface area contributed by atoms with Gasteiger partial charge in [-0.25, -0.2) is 0 Å². The molecule has 0 bridgehead atoms. The van der Waals surface area contributed by atoms with E-state index in [4.69, 9.17) is 16.0 Å². The van der Waals surface area contributed by atoms with Crippen LogP contribution < -0.4 is 0 Å². The van der Waals surface area contributed by atoms with Crippen LogP contribution in [0.3, 0.4) is 0 Å². The highest BCUT2D eigenvalue weighted by atomic mass is 28.5. The molecule has 0 saturated heterocycles. The minimum Gasteiger partial charge on any atom is -0.420 e. The van der Waals surface area contributed by atoms with Gasteiger partial charge in [0.15, 0.2) is 26.9 Å². The lowest BCUT2D eigenvalue weighted by molar-refractivity contribution is 0.280. The summed E-state index contributed by atoms with van der Waals surface area (Å²) in [4.78, 5) is 0. The van der Waals surface area contributed by atoms with E-state index in [2.05, 4.69) is 0 Å².